The number of benzene rings is 2. The molecule has 0 radical (unpaired) electrons. The molecule has 0 bridgehead atoms. The van der Waals surface area contributed by atoms with Crippen LogP contribution in [0.4, 0.5) is 4.39 Å². The van der Waals surface area contributed by atoms with Crippen molar-refractivity contribution in [2.75, 3.05) is 0 Å². The molecule has 0 aliphatic rings. The van der Waals surface area contributed by atoms with E-state index in [1.165, 1.54) is 12.1 Å². The lowest BCUT2D eigenvalue weighted by Crippen LogP contribution is -2.04. The third-order valence-electron chi connectivity index (χ3n) is 2.77. The first-order valence-electron chi connectivity index (χ1n) is 5.70. The van der Waals surface area contributed by atoms with Gasteiger partial charge in [-0.25, -0.2) is 4.39 Å². The first-order chi connectivity index (χ1) is 8.61. The van der Waals surface area contributed by atoms with Gasteiger partial charge in [-0.15, -0.1) is 0 Å². The summed E-state index contributed by atoms with van der Waals surface area (Å²) < 4.78 is 13.7. The molecule has 0 spiro atoms. The summed E-state index contributed by atoms with van der Waals surface area (Å²) in [5, 5.41) is 0.284. The molecule has 2 aromatic carbocycles. The number of carbonyl (C=O) groups excluding carboxylic acids is 1. The number of hydrogen-bond donors (Lipinski definition) is 0. The molecule has 0 aromatic heterocycles. The van der Waals surface area contributed by atoms with Gasteiger partial charge in [0.1, 0.15) is 5.82 Å². The second-order valence-electron chi connectivity index (χ2n) is 4.01. The van der Waals surface area contributed by atoms with Crippen molar-refractivity contribution in [3.63, 3.8) is 0 Å². The van der Waals surface area contributed by atoms with Gasteiger partial charge in [0.05, 0.1) is 5.56 Å². The Hall–Kier alpha value is -1.67. The second-order valence-corrected chi connectivity index (χ2v) is 4.44. The topological polar surface area (TPSA) is 17.1 Å². The lowest BCUT2D eigenvalue weighted by molar-refractivity contribution is 0.103. The fraction of sp³-hybridized carbons (Fsp3) is 0.133. The Labute approximate surface area is 110 Å². The average molecular weight is 263 g/mol. The van der Waals surface area contributed by atoms with Gasteiger partial charge in [0.2, 0.25) is 0 Å². The van der Waals surface area contributed by atoms with E-state index in [1.807, 2.05) is 13.0 Å². The molecule has 2 aromatic rings. The number of rotatable bonds is 3. The lowest BCUT2D eigenvalue weighted by Gasteiger charge is -2.05. The molecule has 0 saturated carbocycles. The summed E-state index contributed by atoms with van der Waals surface area (Å²) in [5.74, 6) is -0.908. The van der Waals surface area contributed by atoms with E-state index in [0.717, 1.165) is 18.1 Å². The molecule has 3 heteroatoms. The zero-order chi connectivity index (χ0) is 13.1. The molecule has 0 aliphatic heterocycles. The highest BCUT2D eigenvalue weighted by atomic mass is 35.5. The molecule has 1 nitrogen and oxygen atoms in total. The Bertz CT molecular complexity index is 593. The number of ketones is 1. The van der Waals surface area contributed by atoms with Gasteiger partial charge in [0.25, 0.3) is 0 Å². The lowest BCUT2D eigenvalue weighted by atomic mass is 10.0. The third kappa shape index (κ3) is 2.59. The molecular formula is C15H12ClFO. The minimum Gasteiger partial charge on any atom is -0.288 e. The van der Waals surface area contributed by atoms with Crippen molar-refractivity contribution in [2.24, 2.45) is 0 Å². The summed E-state index contributed by atoms with van der Waals surface area (Å²) in [7, 11) is 0. The fourth-order valence-electron chi connectivity index (χ4n) is 1.76. The highest BCUT2D eigenvalue weighted by Gasteiger charge is 2.14. The average Bonchev–Trinajstić information content (AvgIpc) is 2.38. The quantitative estimate of drug-likeness (QED) is 0.755. The number of carbonyl (C=O) groups is 1. The van der Waals surface area contributed by atoms with E-state index in [1.54, 1.807) is 18.2 Å². The van der Waals surface area contributed by atoms with Gasteiger partial charge < -0.3 is 0 Å². The molecule has 0 aliphatic carbocycles. The zero-order valence-electron chi connectivity index (χ0n) is 9.91. The maximum atomic E-state index is 13.7. The van der Waals surface area contributed by atoms with Crippen LogP contribution in [0.3, 0.4) is 0 Å². The Morgan fingerprint density at radius 3 is 2.67 bits per heavy atom. The molecule has 0 N–H and O–H groups in total. The van der Waals surface area contributed by atoms with Crippen LogP contribution in [0.2, 0.25) is 5.02 Å². The Kier molecular flexibility index (Phi) is 3.78. The minimum atomic E-state index is -0.589. The highest BCUT2D eigenvalue weighted by Crippen LogP contribution is 2.18. The smallest absolute Gasteiger partial charge is 0.195 e. The highest BCUT2D eigenvalue weighted by molar-refractivity contribution is 6.30. The molecule has 0 fully saturated rings. The predicted octanol–water partition coefficient (Wildman–Crippen LogP) is 4.27. The molecule has 2 rings (SSSR count). The Morgan fingerprint density at radius 2 is 2.00 bits per heavy atom. The second kappa shape index (κ2) is 5.32. The van der Waals surface area contributed by atoms with E-state index >= 15 is 0 Å². The summed E-state index contributed by atoms with van der Waals surface area (Å²) in [4.78, 5) is 12.2. The molecule has 0 atom stereocenters. The Balaban J connectivity index is 2.41. The maximum Gasteiger partial charge on any atom is 0.195 e. The van der Waals surface area contributed by atoms with Crippen LogP contribution in [0.5, 0.6) is 0 Å². The normalized spacial score (nSPS) is 10.4. The van der Waals surface area contributed by atoms with E-state index in [0.29, 0.717) is 5.56 Å². The summed E-state index contributed by atoms with van der Waals surface area (Å²) in [5.41, 5.74) is 1.60. The van der Waals surface area contributed by atoms with Gasteiger partial charge >= 0.3 is 0 Å². The molecule has 0 unspecified atom stereocenters. The summed E-state index contributed by atoms with van der Waals surface area (Å²) in [6.07, 6.45) is 0.838. The summed E-state index contributed by atoms with van der Waals surface area (Å²) >= 11 is 5.66. The Morgan fingerprint density at radius 1 is 1.22 bits per heavy atom. The molecule has 0 saturated heterocycles. The van der Waals surface area contributed by atoms with Crippen LogP contribution in [0, 0.1) is 5.82 Å². The molecular weight excluding hydrogens is 251 g/mol. The fourth-order valence-corrected chi connectivity index (χ4v) is 1.92. The van der Waals surface area contributed by atoms with E-state index < -0.39 is 5.82 Å². The first kappa shape index (κ1) is 12.8. The molecule has 92 valence electrons. The van der Waals surface area contributed by atoms with E-state index in [9.17, 15) is 9.18 Å². The van der Waals surface area contributed by atoms with Crippen LogP contribution in [0.15, 0.2) is 42.5 Å². The summed E-state index contributed by atoms with van der Waals surface area (Å²) in [6, 6.07) is 11.3. The monoisotopic (exact) mass is 262 g/mol. The summed E-state index contributed by atoms with van der Waals surface area (Å²) in [6.45, 7) is 2.01. The zero-order valence-corrected chi connectivity index (χ0v) is 10.7. The third-order valence-corrected chi connectivity index (χ3v) is 3.01. The first-order valence-corrected chi connectivity index (χ1v) is 6.08. The molecule has 0 heterocycles. The van der Waals surface area contributed by atoms with Crippen molar-refractivity contribution in [3.8, 4) is 0 Å². The van der Waals surface area contributed by atoms with Crippen LogP contribution in [-0.4, -0.2) is 5.78 Å². The molecule has 0 amide bonds. The van der Waals surface area contributed by atoms with E-state index in [2.05, 4.69) is 0 Å². The SMILES string of the molecule is CCc1cccc(C(=O)c2ccc(Cl)cc2F)c1. The van der Waals surface area contributed by atoms with Crippen molar-refractivity contribution < 1.29 is 9.18 Å². The number of hydrogen-bond acceptors (Lipinski definition) is 1. The number of aryl methyl sites for hydroxylation is 1. The van der Waals surface area contributed by atoms with Gasteiger partial charge in [-0.2, -0.15) is 0 Å². The largest absolute Gasteiger partial charge is 0.288 e. The van der Waals surface area contributed by atoms with E-state index in [4.69, 9.17) is 11.6 Å². The van der Waals surface area contributed by atoms with Crippen LogP contribution in [-0.2, 0) is 6.42 Å². The number of halogens is 2. The van der Waals surface area contributed by atoms with Gasteiger partial charge in [-0.05, 0) is 36.2 Å². The van der Waals surface area contributed by atoms with Gasteiger partial charge in [0, 0.05) is 10.6 Å². The van der Waals surface area contributed by atoms with Crippen molar-refractivity contribution >= 4 is 17.4 Å². The van der Waals surface area contributed by atoms with E-state index in [-0.39, 0.29) is 16.4 Å². The van der Waals surface area contributed by atoms with Gasteiger partial charge in [-0.3, -0.25) is 4.79 Å². The molecule has 18 heavy (non-hydrogen) atoms. The van der Waals surface area contributed by atoms with Crippen molar-refractivity contribution in [3.05, 3.63) is 70.0 Å². The van der Waals surface area contributed by atoms with Crippen molar-refractivity contribution in [2.45, 2.75) is 13.3 Å². The van der Waals surface area contributed by atoms with Gasteiger partial charge in [0.15, 0.2) is 5.78 Å². The van der Waals surface area contributed by atoms with Crippen LogP contribution in [0.25, 0.3) is 0 Å². The minimum absolute atomic E-state index is 0.0488. The standard InChI is InChI=1S/C15H12ClFO/c1-2-10-4-3-5-11(8-10)15(18)13-7-6-12(16)9-14(13)17/h3-9H,2H2,1H3. The van der Waals surface area contributed by atoms with Gasteiger partial charge in [-0.1, -0.05) is 36.7 Å². The van der Waals surface area contributed by atoms with Crippen LogP contribution in [0.1, 0.15) is 28.4 Å². The maximum absolute atomic E-state index is 13.7. The predicted molar refractivity (Wildman–Crippen MR) is 70.7 cm³/mol. The van der Waals surface area contributed by atoms with Crippen LogP contribution >= 0.6 is 11.6 Å². The van der Waals surface area contributed by atoms with Crippen molar-refractivity contribution in [1.82, 2.24) is 0 Å². The van der Waals surface area contributed by atoms with Crippen LogP contribution < -0.4 is 0 Å². The van der Waals surface area contributed by atoms with Crippen molar-refractivity contribution in [1.29, 1.82) is 0 Å².